The van der Waals surface area contributed by atoms with Gasteiger partial charge < -0.3 is 14.9 Å². The number of carbonyl (C=O) groups is 1. The first-order valence-electron chi connectivity index (χ1n) is 7.75. The van der Waals surface area contributed by atoms with Crippen LogP contribution in [-0.2, 0) is 4.79 Å². The fraction of sp³-hybridized carbons (Fsp3) is 0.562. The quantitative estimate of drug-likeness (QED) is 0.878. The molecule has 3 rings (SSSR count). The summed E-state index contributed by atoms with van der Waals surface area (Å²) in [5.74, 6) is 0.551. The molecular formula is C16H20N4O2. The van der Waals surface area contributed by atoms with Crippen molar-refractivity contribution in [3.8, 4) is 6.07 Å². The van der Waals surface area contributed by atoms with Gasteiger partial charge in [0.2, 0.25) is 0 Å². The SMILES string of the molecule is N#Cc1ccc(N2CCCC(O)(C(=O)N3CCCC3)C2)nc1. The van der Waals surface area contributed by atoms with Crippen molar-refractivity contribution in [2.75, 3.05) is 31.1 Å². The number of rotatable bonds is 2. The van der Waals surface area contributed by atoms with Crippen LogP contribution >= 0.6 is 0 Å². The highest BCUT2D eigenvalue weighted by atomic mass is 16.3. The van der Waals surface area contributed by atoms with Crippen LogP contribution in [0.25, 0.3) is 0 Å². The van der Waals surface area contributed by atoms with Gasteiger partial charge in [0.15, 0.2) is 5.60 Å². The Hall–Kier alpha value is -2.13. The molecule has 0 aliphatic carbocycles. The molecule has 0 bridgehead atoms. The third-order valence-corrected chi connectivity index (χ3v) is 4.46. The van der Waals surface area contributed by atoms with Gasteiger partial charge in [-0.2, -0.15) is 5.26 Å². The lowest BCUT2D eigenvalue weighted by molar-refractivity contribution is -0.151. The molecule has 0 radical (unpaired) electrons. The second-order valence-corrected chi connectivity index (χ2v) is 6.07. The number of hydrogen-bond donors (Lipinski definition) is 1. The third-order valence-electron chi connectivity index (χ3n) is 4.46. The topological polar surface area (TPSA) is 80.5 Å². The van der Waals surface area contributed by atoms with Gasteiger partial charge in [-0.05, 0) is 37.8 Å². The van der Waals surface area contributed by atoms with Crippen LogP contribution in [0.4, 0.5) is 5.82 Å². The number of aliphatic hydroxyl groups is 1. The zero-order valence-electron chi connectivity index (χ0n) is 12.5. The summed E-state index contributed by atoms with van der Waals surface area (Å²) in [6.45, 7) is 2.52. The lowest BCUT2D eigenvalue weighted by atomic mass is 9.91. The average molecular weight is 300 g/mol. The minimum atomic E-state index is -1.32. The Morgan fingerprint density at radius 2 is 2.05 bits per heavy atom. The van der Waals surface area contributed by atoms with E-state index in [-0.39, 0.29) is 12.5 Å². The van der Waals surface area contributed by atoms with Crippen molar-refractivity contribution in [3.05, 3.63) is 23.9 Å². The Kier molecular flexibility index (Phi) is 3.99. The summed E-state index contributed by atoms with van der Waals surface area (Å²) < 4.78 is 0. The number of pyridine rings is 1. The predicted molar refractivity (Wildman–Crippen MR) is 81.2 cm³/mol. The zero-order chi connectivity index (χ0) is 15.6. The molecule has 0 spiro atoms. The number of aromatic nitrogens is 1. The molecule has 3 heterocycles. The molecule has 2 aliphatic rings. The van der Waals surface area contributed by atoms with Crippen LogP contribution in [0.5, 0.6) is 0 Å². The first-order chi connectivity index (χ1) is 10.6. The van der Waals surface area contributed by atoms with Gasteiger partial charge in [0.05, 0.1) is 12.1 Å². The number of likely N-dealkylation sites (tertiary alicyclic amines) is 1. The van der Waals surface area contributed by atoms with Crippen LogP contribution in [0.15, 0.2) is 18.3 Å². The maximum Gasteiger partial charge on any atom is 0.256 e. The van der Waals surface area contributed by atoms with Gasteiger partial charge in [0, 0.05) is 25.8 Å². The Bertz CT molecular complexity index is 589. The van der Waals surface area contributed by atoms with Crippen LogP contribution in [0.1, 0.15) is 31.2 Å². The summed E-state index contributed by atoms with van der Waals surface area (Å²) in [4.78, 5) is 20.6. The van der Waals surface area contributed by atoms with Crippen molar-refractivity contribution in [2.45, 2.75) is 31.3 Å². The van der Waals surface area contributed by atoms with E-state index in [9.17, 15) is 9.90 Å². The Balaban J connectivity index is 1.75. The minimum absolute atomic E-state index is 0.150. The summed E-state index contributed by atoms with van der Waals surface area (Å²) in [6.07, 6.45) is 4.80. The zero-order valence-corrected chi connectivity index (χ0v) is 12.5. The largest absolute Gasteiger partial charge is 0.378 e. The molecule has 1 amide bonds. The summed E-state index contributed by atoms with van der Waals surface area (Å²) in [5, 5.41) is 19.6. The van der Waals surface area contributed by atoms with Crippen LogP contribution in [0.2, 0.25) is 0 Å². The first-order valence-corrected chi connectivity index (χ1v) is 7.75. The van der Waals surface area contributed by atoms with Crippen molar-refractivity contribution < 1.29 is 9.90 Å². The molecule has 116 valence electrons. The van der Waals surface area contributed by atoms with Gasteiger partial charge in [0.25, 0.3) is 5.91 Å². The highest BCUT2D eigenvalue weighted by molar-refractivity contribution is 5.86. The first kappa shape index (κ1) is 14.8. The highest BCUT2D eigenvalue weighted by Gasteiger charge is 2.43. The number of hydrogen-bond acceptors (Lipinski definition) is 5. The second-order valence-electron chi connectivity index (χ2n) is 6.07. The van der Waals surface area contributed by atoms with Crippen molar-refractivity contribution >= 4 is 11.7 Å². The number of amides is 1. The average Bonchev–Trinajstić information content (AvgIpc) is 3.08. The van der Waals surface area contributed by atoms with Crippen LogP contribution < -0.4 is 4.90 Å². The van der Waals surface area contributed by atoms with Gasteiger partial charge in [-0.25, -0.2) is 4.98 Å². The molecule has 2 aliphatic heterocycles. The van der Waals surface area contributed by atoms with Gasteiger partial charge in [-0.3, -0.25) is 4.79 Å². The molecule has 22 heavy (non-hydrogen) atoms. The van der Waals surface area contributed by atoms with E-state index in [0.29, 0.717) is 17.8 Å². The second kappa shape index (κ2) is 5.93. The van der Waals surface area contributed by atoms with E-state index in [0.717, 1.165) is 38.9 Å². The predicted octanol–water partition coefficient (Wildman–Crippen LogP) is 0.907. The standard InChI is InChI=1S/C16H20N4O2/c17-10-13-4-5-14(18-11-13)20-9-3-6-16(22,12-20)15(21)19-7-1-2-8-19/h4-5,11,22H,1-3,6-9,12H2. The van der Waals surface area contributed by atoms with E-state index in [1.165, 1.54) is 6.20 Å². The van der Waals surface area contributed by atoms with Crippen LogP contribution in [0, 0.1) is 11.3 Å². The maximum absolute atomic E-state index is 12.6. The summed E-state index contributed by atoms with van der Waals surface area (Å²) in [7, 11) is 0. The van der Waals surface area contributed by atoms with Gasteiger partial charge in [-0.15, -0.1) is 0 Å². The lowest BCUT2D eigenvalue weighted by Crippen LogP contribution is -2.57. The summed E-state index contributed by atoms with van der Waals surface area (Å²) >= 11 is 0. The van der Waals surface area contributed by atoms with Gasteiger partial charge in [-0.1, -0.05) is 0 Å². The van der Waals surface area contributed by atoms with E-state index in [2.05, 4.69) is 4.98 Å². The van der Waals surface area contributed by atoms with E-state index in [1.54, 1.807) is 17.0 Å². The molecule has 1 atom stereocenters. The maximum atomic E-state index is 12.6. The molecule has 1 aromatic rings. The van der Waals surface area contributed by atoms with Gasteiger partial charge in [0.1, 0.15) is 11.9 Å². The molecule has 6 heteroatoms. The van der Waals surface area contributed by atoms with E-state index >= 15 is 0 Å². The van der Waals surface area contributed by atoms with Gasteiger partial charge >= 0.3 is 0 Å². The number of piperidine rings is 1. The van der Waals surface area contributed by atoms with Crippen molar-refractivity contribution in [3.63, 3.8) is 0 Å². The molecule has 1 unspecified atom stereocenters. The molecule has 0 saturated carbocycles. The molecule has 2 fully saturated rings. The van der Waals surface area contributed by atoms with Crippen LogP contribution in [-0.4, -0.2) is 52.7 Å². The Morgan fingerprint density at radius 3 is 2.68 bits per heavy atom. The van der Waals surface area contributed by atoms with E-state index in [1.807, 2.05) is 11.0 Å². The lowest BCUT2D eigenvalue weighted by Gasteiger charge is -2.40. The molecule has 6 nitrogen and oxygen atoms in total. The molecular weight excluding hydrogens is 280 g/mol. The minimum Gasteiger partial charge on any atom is -0.378 e. The monoisotopic (exact) mass is 300 g/mol. The number of nitrogens with zero attached hydrogens (tertiary/aromatic N) is 4. The van der Waals surface area contributed by atoms with E-state index in [4.69, 9.17) is 5.26 Å². The number of carbonyl (C=O) groups excluding carboxylic acids is 1. The third kappa shape index (κ3) is 2.77. The normalized spacial score (nSPS) is 25.1. The number of anilines is 1. The van der Waals surface area contributed by atoms with Crippen molar-refractivity contribution in [1.29, 1.82) is 5.26 Å². The van der Waals surface area contributed by atoms with E-state index < -0.39 is 5.60 Å². The van der Waals surface area contributed by atoms with Crippen molar-refractivity contribution in [1.82, 2.24) is 9.88 Å². The fourth-order valence-corrected chi connectivity index (χ4v) is 3.26. The summed E-state index contributed by atoms with van der Waals surface area (Å²) in [6, 6.07) is 5.51. The Labute approximate surface area is 130 Å². The highest BCUT2D eigenvalue weighted by Crippen LogP contribution is 2.28. The Morgan fingerprint density at radius 1 is 1.27 bits per heavy atom. The van der Waals surface area contributed by atoms with Crippen molar-refractivity contribution in [2.24, 2.45) is 0 Å². The molecule has 0 aromatic carbocycles. The smallest absolute Gasteiger partial charge is 0.256 e. The number of β-amino-alcohol motifs (C(OH)–C–C–N with tert-alkyl or cyclic N) is 1. The van der Waals surface area contributed by atoms with Crippen LogP contribution in [0.3, 0.4) is 0 Å². The molecule has 1 aromatic heterocycles. The molecule has 2 saturated heterocycles. The fourth-order valence-electron chi connectivity index (χ4n) is 3.26. The summed E-state index contributed by atoms with van der Waals surface area (Å²) in [5.41, 5.74) is -0.817. The number of nitriles is 1. The molecule has 1 N–H and O–H groups in total.